The third-order valence-electron chi connectivity index (χ3n) is 2.46. The lowest BCUT2D eigenvalue weighted by molar-refractivity contribution is -0.390. The summed E-state index contributed by atoms with van der Waals surface area (Å²) in [5, 5.41) is 14.5. The van der Waals surface area contributed by atoms with E-state index in [9.17, 15) is 14.9 Å². The van der Waals surface area contributed by atoms with E-state index in [1.54, 1.807) is 24.3 Å². The normalized spacial score (nSPS) is 10.4. The molecule has 2 rings (SSSR count). The monoisotopic (exact) mass is 324 g/mol. The molecule has 7 nitrogen and oxygen atoms in total. The molecule has 0 bridgehead atoms. The van der Waals surface area contributed by atoms with Crippen molar-refractivity contribution in [3.63, 3.8) is 0 Å². The number of benzene rings is 1. The van der Waals surface area contributed by atoms with Crippen LogP contribution in [0.4, 0.5) is 5.82 Å². The molecule has 0 aliphatic rings. The van der Waals surface area contributed by atoms with Gasteiger partial charge in [-0.25, -0.2) is 0 Å². The lowest BCUT2D eigenvalue weighted by atomic mass is 10.1. The van der Waals surface area contributed by atoms with Gasteiger partial charge in [-0.2, -0.15) is 4.68 Å². The Morgan fingerprint density at radius 2 is 2.05 bits per heavy atom. The number of aromatic nitrogens is 2. The van der Waals surface area contributed by atoms with E-state index in [1.807, 2.05) is 0 Å². The number of halogens is 1. The maximum absolute atomic E-state index is 10.9. The fourth-order valence-corrected chi connectivity index (χ4v) is 2.01. The summed E-state index contributed by atoms with van der Waals surface area (Å²) in [6.07, 6.45) is 1.53. The summed E-state index contributed by atoms with van der Waals surface area (Å²) in [7, 11) is 0. The average molecular weight is 325 g/mol. The van der Waals surface area contributed by atoms with Crippen LogP contribution in [0.15, 0.2) is 34.9 Å². The van der Waals surface area contributed by atoms with Crippen molar-refractivity contribution in [1.82, 2.24) is 9.78 Å². The Kier molecular flexibility index (Phi) is 3.61. The molecule has 2 aromatic rings. The van der Waals surface area contributed by atoms with Gasteiger partial charge in [-0.05, 0) is 38.5 Å². The first-order chi connectivity index (χ1) is 8.97. The zero-order valence-corrected chi connectivity index (χ0v) is 11.2. The molecular formula is C11H9BrN4O3. The van der Waals surface area contributed by atoms with Crippen LogP contribution in [0.2, 0.25) is 0 Å². The molecule has 1 aromatic carbocycles. The van der Waals surface area contributed by atoms with E-state index in [-0.39, 0.29) is 5.82 Å². The number of rotatable bonds is 4. The lowest BCUT2D eigenvalue weighted by Gasteiger charge is -1.99. The van der Waals surface area contributed by atoms with Crippen molar-refractivity contribution in [2.75, 3.05) is 0 Å². The third kappa shape index (κ3) is 2.97. The second-order valence-corrected chi connectivity index (χ2v) is 4.67. The van der Waals surface area contributed by atoms with Gasteiger partial charge in [0.25, 0.3) is 0 Å². The second kappa shape index (κ2) is 5.19. The average Bonchev–Trinajstić information content (AvgIpc) is 2.71. The minimum Gasteiger partial charge on any atom is -0.366 e. The Morgan fingerprint density at radius 3 is 2.53 bits per heavy atom. The van der Waals surface area contributed by atoms with Crippen LogP contribution in [0.1, 0.15) is 15.9 Å². The second-order valence-electron chi connectivity index (χ2n) is 3.82. The fourth-order valence-electron chi connectivity index (χ4n) is 1.55. The van der Waals surface area contributed by atoms with Gasteiger partial charge in [0.1, 0.15) is 4.47 Å². The molecule has 0 unspecified atom stereocenters. The first kappa shape index (κ1) is 13.2. The summed E-state index contributed by atoms with van der Waals surface area (Å²) in [5.41, 5.74) is 6.40. The van der Waals surface area contributed by atoms with Crippen molar-refractivity contribution in [3.8, 4) is 0 Å². The molecule has 0 fully saturated rings. The Hall–Kier alpha value is -2.22. The summed E-state index contributed by atoms with van der Waals surface area (Å²) in [6.45, 7) is 0.367. The van der Waals surface area contributed by atoms with Crippen molar-refractivity contribution in [3.05, 3.63) is 56.2 Å². The molecule has 0 saturated heterocycles. The molecular weight excluding hydrogens is 316 g/mol. The summed E-state index contributed by atoms with van der Waals surface area (Å²) in [4.78, 5) is 21.0. The van der Waals surface area contributed by atoms with Crippen molar-refractivity contribution >= 4 is 27.7 Å². The van der Waals surface area contributed by atoms with Gasteiger partial charge in [0.2, 0.25) is 5.91 Å². The van der Waals surface area contributed by atoms with Crippen LogP contribution < -0.4 is 5.73 Å². The van der Waals surface area contributed by atoms with Crippen LogP contribution in [0.25, 0.3) is 0 Å². The van der Waals surface area contributed by atoms with Gasteiger partial charge >= 0.3 is 5.82 Å². The maximum atomic E-state index is 10.9. The summed E-state index contributed by atoms with van der Waals surface area (Å²) >= 11 is 3.08. The molecule has 0 spiro atoms. The van der Waals surface area contributed by atoms with E-state index in [1.165, 1.54) is 10.9 Å². The Morgan fingerprint density at radius 1 is 1.42 bits per heavy atom. The number of nitrogens with two attached hydrogens (primary N) is 1. The van der Waals surface area contributed by atoms with Crippen molar-refractivity contribution in [2.24, 2.45) is 5.73 Å². The van der Waals surface area contributed by atoms with Crippen LogP contribution >= 0.6 is 15.9 Å². The predicted molar refractivity (Wildman–Crippen MR) is 70.6 cm³/mol. The van der Waals surface area contributed by atoms with E-state index >= 15 is 0 Å². The molecule has 8 heteroatoms. The Balaban J connectivity index is 2.19. The minimum absolute atomic E-state index is 0.228. The van der Waals surface area contributed by atoms with Crippen LogP contribution in [0, 0.1) is 10.1 Å². The predicted octanol–water partition coefficient (Wildman–Crippen LogP) is 1.70. The topological polar surface area (TPSA) is 104 Å². The van der Waals surface area contributed by atoms with Gasteiger partial charge in [0.05, 0.1) is 17.8 Å². The molecule has 0 saturated carbocycles. The maximum Gasteiger partial charge on any atom is 0.404 e. The molecule has 0 aliphatic heterocycles. The quantitative estimate of drug-likeness (QED) is 0.682. The van der Waals surface area contributed by atoms with Gasteiger partial charge in [-0.15, -0.1) is 0 Å². The number of amides is 1. The van der Waals surface area contributed by atoms with E-state index < -0.39 is 10.8 Å². The summed E-state index contributed by atoms with van der Waals surface area (Å²) in [5.74, 6) is -0.724. The smallest absolute Gasteiger partial charge is 0.366 e. The van der Waals surface area contributed by atoms with E-state index in [0.717, 1.165) is 5.56 Å². The highest BCUT2D eigenvalue weighted by molar-refractivity contribution is 9.10. The summed E-state index contributed by atoms with van der Waals surface area (Å²) in [6, 6.07) is 6.65. The van der Waals surface area contributed by atoms with Crippen molar-refractivity contribution < 1.29 is 9.72 Å². The number of hydrogen-bond donors (Lipinski definition) is 1. The van der Waals surface area contributed by atoms with Crippen LogP contribution in [-0.2, 0) is 6.54 Å². The van der Waals surface area contributed by atoms with Crippen LogP contribution in [0.5, 0.6) is 0 Å². The Labute approximate surface area is 116 Å². The van der Waals surface area contributed by atoms with E-state index in [0.29, 0.717) is 16.6 Å². The highest BCUT2D eigenvalue weighted by Crippen LogP contribution is 2.22. The largest absolute Gasteiger partial charge is 0.404 e. The van der Waals surface area contributed by atoms with E-state index in [4.69, 9.17) is 5.73 Å². The zero-order chi connectivity index (χ0) is 14.0. The molecule has 0 radical (unpaired) electrons. The third-order valence-corrected chi connectivity index (χ3v) is 3.01. The molecule has 1 heterocycles. The highest BCUT2D eigenvalue weighted by Gasteiger charge is 2.18. The lowest BCUT2D eigenvalue weighted by Crippen LogP contribution is -2.10. The van der Waals surface area contributed by atoms with Crippen LogP contribution in [-0.4, -0.2) is 20.6 Å². The molecule has 1 amide bonds. The number of hydrogen-bond acceptors (Lipinski definition) is 4. The molecule has 98 valence electrons. The highest BCUT2D eigenvalue weighted by atomic mass is 79.9. The van der Waals surface area contributed by atoms with Gasteiger partial charge in [-0.3, -0.25) is 4.79 Å². The Bertz CT molecular complexity index is 636. The van der Waals surface area contributed by atoms with E-state index in [2.05, 4.69) is 21.0 Å². The van der Waals surface area contributed by atoms with Crippen molar-refractivity contribution in [2.45, 2.75) is 6.54 Å². The minimum atomic E-state index is -0.559. The molecule has 0 aliphatic carbocycles. The van der Waals surface area contributed by atoms with Gasteiger partial charge < -0.3 is 15.8 Å². The fraction of sp³-hybridized carbons (Fsp3) is 0.0909. The van der Waals surface area contributed by atoms with Gasteiger partial charge in [0, 0.05) is 5.56 Å². The molecule has 19 heavy (non-hydrogen) atoms. The number of primary amides is 1. The first-order valence-corrected chi connectivity index (χ1v) is 6.03. The zero-order valence-electron chi connectivity index (χ0n) is 9.62. The number of carbonyl (C=O) groups is 1. The van der Waals surface area contributed by atoms with Gasteiger partial charge in [0.15, 0.2) is 0 Å². The molecule has 1 aromatic heterocycles. The number of carbonyl (C=O) groups excluding carboxylic acids is 1. The standard InChI is InChI=1S/C11H9BrN4O3/c12-9-6-15(14-11(9)16(18)19)5-7-1-3-8(4-2-7)10(13)17/h1-4,6H,5H2,(H2,13,17). The first-order valence-electron chi connectivity index (χ1n) is 5.23. The SMILES string of the molecule is NC(=O)c1ccc(Cn2cc(Br)c([N+](=O)[O-])n2)cc1. The molecule has 0 atom stereocenters. The van der Waals surface area contributed by atoms with Crippen molar-refractivity contribution in [1.29, 1.82) is 0 Å². The van der Waals surface area contributed by atoms with Gasteiger partial charge in [-0.1, -0.05) is 12.1 Å². The van der Waals surface area contributed by atoms with Crippen LogP contribution in [0.3, 0.4) is 0 Å². The number of nitrogens with zero attached hydrogens (tertiary/aromatic N) is 3. The molecule has 2 N–H and O–H groups in total. The number of nitro groups is 1. The summed E-state index contributed by atoms with van der Waals surface area (Å²) < 4.78 is 1.77.